The van der Waals surface area contributed by atoms with Crippen LogP contribution in [0.2, 0.25) is 0 Å². The van der Waals surface area contributed by atoms with E-state index in [1.807, 2.05) is 78.8 Å². The molecule has 3 N–H and O–H groups in total. The maximum atomic E-state index is 10.9. The van der Waals surface area contributed by atoms with E-state index in [0.717, 1.165) is 18.4 Å². The number of benzene rings is 1. The largest absolute Gasteiger partial charge is 0.481 e. The van der Waals surface area contributed by atoms with E-state index in [0.29, 0.717) is 6.42 Å². The normalized spacial score (nSPS) is 13.3. The fourth-order valence-corrected chi connectivity index (χ4v) is 2.81. The van der Waals surface area contributed by atoms with E-state index in [1.54, 1.807) is 6.92 Å². The quantitative estimate of drug-likeness (QED) is 0.396. The number of rotatable bonds is 10. The predicted octanol–water partition coefficient (Wildman–Crippen LogP) is 6.09. The van der Waals surface area contributed by atoms with Crippen molar-refractivity contribution in [1.29, 1.82) is 0 Å². The number of carboxylic acid groups (broad SMARTS) is 3. The molecule has 184 valence electrons. The molecule has 3 atom stereocenters. The second-order valence-corrected chi connectivity index (χ2v) is 9.23. The fourth-order valence-electron chi connectivity index (χ4n) is 2.81. The molecule has 0 unspecified atom stereocenters. The Kier molecular flexibility index (Phi) is 17.1. The van der Waals surface area contributed by atoms with Gasteiger partial charge in [0.05, 0.1) is 17.8 Å². The summed E-state index contributed by atoms with van der Waals surface area (Å²) in [6.07, 6.45) is 2.37. The summed E-state index contributed by atoms with van der Waals surface area (Å²) in [6, 6.07) is 9.76. The molecule has 1 aromatic carbocycles. The van der Waals surface area contributed by atoms with Crippen LogP contribution in [0.3, 0.4) is 0 Å². The summed E-state index contributed by atoms with van der Waals surface area (Å²) < 4.78 is 0. The van der Waals surface area contributed by atoms with Gasteiger partial charge in [0.15, 0.2) is 0 Å². The number of hydrogen-bond donors (Lipinski definition) is 3. The minimum absolute atomic E-state index is 0.148. The maximum absolute atomic E-state index is 10.9. The lowest BCUT2D eigenvalue weighted by atomic mass is 9.89. The van der Waals surface area contributed by atoms with Gasteiger partial charge in [0.2, 0.25) is 0 Å². The first kappa shape index (κ1) is 31.8. The summed E-state index contributed by atoms with van der Waals surface area (Å²) >= 11 is 0. The highest BCUT2D eigenvalue weighted by Gasteiger charge is 2.21. The molecule has 1 aromatic rings. The maximum Gasteiger partial charge on any atom is 0.307 e. The third-order valence-electron chi connectivity index (χ3n) is 5.53. The first-order chi connectivity index (χ1) is 14.8. The summed E-state index contributed by atoms with van der Waals surface area (Å²) in [5.41, 5.74) is 1.09. The van der Waals surface area contributed by atoms with Gasteiger partial charge in [0.1, 0.15) is 0 Å². The number of carbonyl (C=O) groups is 3. The van der Waals surface area contributed by atoms with Crippen LogP contribution in [0.25, 0.3) is 0 Å². The first-order valence-corrected chi connectivity index (χ1v) is 11.5. The van der Waals surface area contributed by atoms with Crippen molar-refractivity contribution >= 4 is 17.9 Å². The van der Waals surface area contributed by atoms with Crippen LogP contribution in [0, 0.1) is 35.5 Å². The zero-order chi connectivity index (χ0) is 25.4. The number of aliphatic carboxylic acids is 3. The average Bonchev–Trinajstić information content (AvgIpc) is 2.70. The van der Waals surface area contributed by atoms with E-state index in [1.165, 1.54) is 0 Å². The monoisotopic (exact) mass is 452 g/mol. The molecule has 0 aliphatic carbocycles. The SMILES string of the molecule is CC(C)[C@@H](C)C(=O)O.CC(C)[C@@H](Cc1ccccc1)C(=O)O.CCC[C@@H](C(=O)O)C(C)C. The van der Waals surface area contributed by atoms with Gasteiger partial charge in [-0.25, -0.2) is 0 Å². The van der Waals surface area contributed by atoms with Crippen molar-refractivity contribution in [2.75, 3.05) is 0 Å². The molecule has 32 heavy (non-hydrogen) atoms. The van der Waals surface area contributed by atoms with Crippen LogP contribution in [-0.4, -0.2) is 33.2 Å². The van der Waals surface area contributed by atoms with Gasteiger partial charge < -0.3 is 15.3 Å². The van der Waals surface area contributed by atoms with Gasteiger partial charge >= 0.3 is 17.9 Å². The summed E-state index contributed by atoms with van der Waals surface area (Å²) in [6.45, 7) is 15.3. The molecule has 0 radical (unpaired) electrons. The fraction of sp³-hybridized carbons (Fsp3) is 0.654. The Hall–Kier alpha value is -2.37. The molecule has 6 heteroatoms. The summed E-state index contributed by atoms with van der Waals surface area (Å²) in [7, 11) is 0. The van der Waals surface area contributed by atoms with E-state index in [2.05, 4.69) is 0 Å². The van der Waals surface area contributed by atoms with Gasteiger partial charge in [0, 0.05) is 0 Å². The lowest BCUT2D eigenvalue weighted by Gasteiger charge is -2.15. The molecule has 0 fully saturated rings. The molecular formula is C26H44O6. The average molecular weight is 453 g/mol. The molecule has 0 heterocycles. The van der Waals surface area contributed by atoms with Crippen LogP contribution in [0.15, 0.2) is 30.3 Å². The second-order valence-electron chi connectivity index (χ2n) is 9.23. The zero-order valence-electron chi connectivity index (χ0n) is 21.0. The Bertz CT molecular complexity index is 652. The zero-order valence-corrected chi connectivity index (χ0v) is 21.0. The van der Waals surface area contributed by atoms with E-state index in [9.17, 15) is 14.4 Å². The smallest absolute Gasteiger partial charge is 0.307 e. The third-order valence-corrected chi connectivity index (χ3v) is 5.53. The highest BCUT2D eigenvalue weighted by Crippen LogP contribution is 2.17. The minimum Gasteiger partial charge on any atom is -0.481 e. The van der Waals surface area contributed by atoms with Crippen molar-refractivity contribution in [1.82, 2.24) is 0 Å². The highest BCUT2D eigenvalue weighted by molar-refractivity contribution is 5.71. The molecule has 0 saturated carbocycles. The Morgan fingerprint density at radius 3 is 1.34 bits per heavy atom. The number of carboxylic acids is 3. The van der Waals surface area contributed by atoms with Gasteiger partial charge in [-0.3, -0.25) is 14.4 Å². The van der Waals surface area contributed by atoms with Gasteiger partial charge in [-0.1, -0.05) is 92.1 Å². The molecule has 0 bridgehead atoms. The van der Waals surface area contributed by atoms with Crippen molar-refractivity contribution in [3.05, 3.63) is 35.9 Å². The van der Waals surface area contributed by atoms with Crippen LogP contribution in [0.4, 0.5) is 0 Å². The Labute approximate surface area is 194 Å². The van der Waals surface area contributed by atoms with Crippen molar-refractivity contribution in [2.24, 2.45) is 35.5 Å². The Morgan fingerprint density at radius 1 is 0.688 bits per heavy atom. The Morgan fingerprint density at radius 2 is 1.12 bits per heavy atom. The summed E-state index contributed by atoms with van der Waals surface area (Å²) in [4.78, 5) is 31.6. The third kappa shape index (κ3) is 14.6. The molecule has 0 aliphatic heterocycles. The molecular weight excluding hydrogens is 408 g/mol. The molecule has 0 amide bonds. The molecule has 0 aliphatic rings. The lowest BCUT2D eigenvalue weighted by Crippen LogP contribution is -2.22. The molecule has 0 spiro atoms. The van der Waals surface area contributed by atoms with Crippen LogP contribution >= 0.6 is 0 Å². The minimum atomic E-state index is -0.708. The van der Waals surface area contributed by atoms with E-state index >= 15 is 0 Å². The number of hydrogen-bond acceptors (Lipinski definition) is 3. The summed E-state index contributed by atoms with van der Waals surface area (Å²) in [5, 5.41) is 26.0. The van der Waals surface area contributed by atoms with Crippen LogP contribution < -0.4 is 0 Å². The standard InChI is InChI=1S/C12H16O2.C8H16O2.C6H12O2/c1-9(2)11(12(13)14)8-10-6-4-3-5-7-10;1-4-5-7(6(2)3)8(9)10;1-4(2)5(3)6(7)8/h3-7,9,11H,8H2,1-2H3,(H,13,14);6-7H,4-5H2,1-3H3,(H,9,10);4-5H,1-3H3,(H,7,8)/t11-;7-;5-/m111/s1. The summed E-state index contributed by atoms with van der Waals surface area (Å²) in [5.74, 6) is -2.03. The van der Waals surface area contributed by atoms with Gasteiger partial charge in [-0.15, -0.1) is 0 Å². The van der Waals surface area contributed by atoms with Crippen molar-refractivity contribution in [3.8, 4) is 0 Å². The Balaban J connectivity index is 0. The molecule has 0 saturated heterocycles. The second kappa shape index (κ2) is 17.2. The van der Waals surface area contributed by atoms with Crippen LogP contribution in [0.5, 0.6) is 0 Å². The van der Waals surface area contributed by atoms with E-state index < -0.39 is 17.9 Å². The van der Waals surface area contributed by atoms with E-state index in [4.69, 9.17) is 15.3 Å². The van der Waals surface area contributed by atoms with Crippen LogP contribution in [0.1, 0.15) is 73.8 Å². The lowest BCUT2D eigenvalue weighted by molar-refractivity contribution is -0.144. The van der Waals surface area contributed by atoms with E-state index in [-0.39, 0.29) is 35.5 Å². The van der Waals surface area contributed by atoms with Crippen molar-refractivity contribution < 1.29 is 29.7 Å². The highest BCUT2D eigenvalue weighted by atomic mass is 16.4. The van der Waals surface area contributed by atoms with Gasteiger partial charge in [-0.2, -0.15) is 0 Å². The topological polar surface area (TPSA) is 112 Å². The van der Waals surface area contributed by atoms with Crippen molar-refractivity contribution in [3.63, 3.8) is 0 Å². The molecule has 6 nitrogen and oxygen atoms in total. The molecule has 0 aromatic heterocycles. The first-order valence-electron chi connectivity index (χ1n) is 11.5. The molecule has 1 rings (SSSR count). The van der Waals surface area contributed by atoms with Crippen molar-refractivity contribution in [2.45, 2.75) is 74.7 Å². The predicted molar refractivity (Wildman–Crippen MR) is 129 cm³/mol. The van der Waals surface area contributed by atoms with Gasteiger partial charge in [-0.05, 0) is 36.2 Å². The van der Waals surface area contributed by atoms with Crippen LogP contribution in [-0.2, 0) is 20.8 Å². The van der Waals surface area contributed by atoms with Gasteiger partial charge in [0.25, 0.3) is 0 Å².